The van der Waals surface area contributed by atoms with Crippen molar-refractivity contribution in [1.29, 1.82) is 5.26 Å². The first-order valence-corrected chi connectivity index (χ1v) is 16.4. The maximum absolute atomic E-state index is 9.47. The number of rotatable bonds is 3. The number of hydrogen-bond acceptors (Lipinski definition) is 5. The van der Waals surface area contributed by atoms with E-state index < -0.39 is 0 Å². The molecular weight excluding hydrogens is 603 g/mol. The Morgan fingerprint density at radius 1 is 0.653 bits per heavy atom. The van der Waals surface area contributed by atoms with Crippen LogP contribution >= 0.6 is 0 Å². The van der Waals surface area contributed by atoms with Crippen LogP contribution in [0.4, 0.5) is 0 Å². The Hall–Kier alpha value is -6.58. The van der Waals surface area contributed by atoms with Gasteiger partial charge in [-0.1, -0.05) is 105 Å². The maximum Gasteiger partial charge on any atom is 0.238 e. The molecule has 0 unspecified atom stereocenters. The van der Waals surface area contributed by atoms with Crippen LogP contribution in [-0.2, 0) is 5.41 Å². The summed E-state index contributed by atoms with van der Waals surface area (Å²) in [6.45, 7) is 4.59. The van der Waals surface area contributed by atoms with Gasteiger partial charge in [-0.15, -0.1) is 0 Å². The van der Waals surface area contributed by atoms with E-state index in [1.807, 2.05) is 48.5 Å². The fourth-order valence-electron chi connectivity index (χ4n) is 7.88. The van der Waals surface area contributed by atoms with Crippen LogP contribution in [0.1, 0.15) is 30.5 Å². The van der Waals surface area contributed by atoms with Gasteiger partial charge in [0.2, 0.25) is 5.95 Å². The van der Waals surface area contributed by atoms with Gasteiger partial charge >= 0.3 is 0 Å². The quantitative estimate of drug-likeness (QED) is 0.194. The first kappa shape index (κ1) is 27.5. The lowest BCUT2D eigenvalue weighted by Gasteiger charge is -2.21. The summed E-state index contributed by atoms with van der Waals surface area (Å²) >= 11 is 0. The third-order valence-corrected chi connectivity index (χ3v) is 10.1. The van der Waals surface area contributed by atoms with E-state index in [1.165, 1.54) is 16.7 Å². The van der Waals surface area contributed by atoms with Gasteiger partial charge in [0.25, 0.3) is 0 Å². The summed E-state index contributed by atoms with van der Waals surface area (Å²) in [5, 5.41) is 13.9. The van der Waals surface area contributed by atoms with E-state index in [0.717, 1.165) is 60.4 Å². The highest BCUT2D eigenvalue weighted by Crippen LogP contribution is 2.57. The zero-order valence-electron chi connectivity index (χ0n) is 26.8. The molecule has 0 fully saturated rings. The first-order valence-electron chi connectivity index (χ1n) is 16.4. The average molecular weight is 630 g/mol. The molecule has 0 bridgehead atoms. The number of aromatic nitrogens is 4. The minimum absolute atomic E-state index is 0.324. The normalized spacial score (nSPS) is 13.2. The molecule has 230 valence electrons. The fraction of sp³-hybridized carbons (Fsp3) is 0.0698. The van der Waals surface area contributed by atoms with E-state index in [1.54, 1.807) is 12.1 Å². The summed E-state index contributed by atoms with van der Waals surface area (Å²) in [4.78, 5) is 15.4. The van der Waals surface area contributed by atoms with Crippen LogP contribution in [0, 0.1) is 11.3 Å². The lowest BCUT2D eigenvalue weighted by Crippen LogP contribution is -2.15. The molecule has 3 aromatic heterocycles. The molecular formula is C43H27N5O. The third-order valence-electron chi connectivity index (χ3n) is 10.1. The van der Waals surface area contributed by atoms with E-state index in [0.29, 0.717) is 23.2 Å². The number of benzene rings is 6. The number of para-hydroxylation sites is 2. The van der Waals surface area contributed by atoms with Crippen molar-refractivity contribution in [3.63, 3.8) is 0 Å². The lowest BCUT2D eigenvalue weighted by molar-refractivity contribution is 0.620. The summed E-state index contributed by atoms with van der Waals surface area (Å²) < 4.78 is 9.06. The Morgan fingerprint density at radius 2 is 1.31 bits per heavy atom. The molecule has 6 nitrogen and oxygen atoms in total. The molecule has 1 aliphatic rings. The molecule has 0 saturated heterocycles. The second-order valence-corrected chi connectivity index (χ2v) is 13.1. The van der Waals surface area contributed by atoms with Crippen molar-refractivity contribution in [2.24, 2.45) is 0 Å². The van der Waals surface area contributed by atoms with Gasteiger partial charge in [-0.05, 0) is 47.5 Å². The summed E-state index contributed by atoms with van der Waals surface area (Å²) in [7, 11) is 0. The smallest absolute Gasteiger partial charge is 0.238 e. The van der Waals surface area contributed by atoms with Crippen molar-refractivity contribution < 1.29 is 4.42 Å². The molecule has 0 amide bonds. The number of furan rings is 1. The predicted octanol–water partition coefficient (Wildman–Crippen LogP) is 10.4. The van der Waals surface area contributed by atoms with Crippen molar-refractivity contribution in [3.8, 4) is 45.9 Å². The van der Waals surface area contributed by atoms with Crippen molar-refractivity contribution in [2.75, 3.05) is 0 Å². The SMILES string of the molecule is CC1(C)c2ccccc2-c2c1c1oc3ccccc3c1c1c3ccccc3n(-c3nc(-c4ccccc4)nc(-c4ccc(C#N)cc4)n3)c21. The van der Waals surface area contributed by atoms with Crippen molar-refractivity contribution >= 4 is 43.7 Å². The molecule has 6 heteroatoms. The van der Waals surface area contributed by atoms with Crippen LogP contribution in [0.5, 0.6) is 0 Å². The van der Waals surface area contributed by atoms with Gasteiger partial charge in [0.1, 0.15) is 11.2 Å². The minimum Gasteiger partial charge on any atom is -0.456 e. The van der Waals surface area contributed by atoms with Gasteiger partial charge in [0.15, 0.2) is 11.6 Å². The lowest BCUT2D eigenvalue weighted by atomic mass is 9.81. The van der Waals surface area contributed by atoms with Crippen molar-refractivity contribution in [2.45, 2.75) is 19.3 Å². The maximum atomic E-state index is 9.47. The third kappa shape index (κ3) is 3.78. The van der Waals surface area contributed by atoms with Crippen LogP contribution < -0.4 is 0 Å². The second kappa shape index (κ2) is 9.96. The van der Waals surface area contributed by atoms with Crippen LogP contribution in [0.25, 0.3) is 83.6 Å². The zero-order valence-corrected chi connectivity index (χ0v) is 26.8. The Balaban J connectivity index is 1.42. The van der Waals surface area contributed by atoms with E-state index >= 15 is 0 Å². The molecule has 0 radical (unpaired) electrons. The monoisotopic (exact) mass is 629 g/mol. The Bertz CT molecular complexity index is 2850. The van der Waals surface area contributed by atoms with Crippen LogP contribution in [-0.4, -0.2) is 19.5 Å². The zero-order chi connectivity index (χ0) is 32.9. The fourth-order valence-corrected chi connectivity index (χ4v) is 7.88. The Kier molecular flexibility index (Phi) is 5.60. The summed E-state index contributed by atoms with van der Waals surface area (Å²) in [5.41, 5.74) is 10.5. The molecule has 0 N–H and O–H groups in total. The standard InChI is InChI=1S/C43H27N5O/c1-43(2)31-17-9-6-14-28(31)36-37(43)39-35(30-16-8-11-19-33(30)49-39)34-29-15-7-10-18-32(29)48(38(34)36)42-46-40(26-12-4-3-5-13-26)45-41(47-42)27-22-20-25(24-44)21-23-27/h3-23H,1-2H3. The van der Waals surface area contributed by atoms with Gasteiger partial charge in [-0.25, -0.2) is 4.98 Å². The first-order chi connectivity index (χ1) is 24.0. The van der Waals surface area contributed by atoms with Crippen LogP contribution in [0.3, 0.4) is 0 Å². The van der Waals surface area contributed by atoms with Gasteiger partial charge in [-0.2, -0.15) is 15.2 Å². The van der Waals surface area contributed by atoms with E-state index in [4.69, 9.17) is 19.4 Å². The number of fused-ring (bicyclic) bond motifs is 12. The van der Waals surface area contributed by atoms with Crippen molar-refractivity contribution in [1.82, 2.24) is 19.5 Å². The van der Waals surface area contributed by atoms with Gasteiger partial charge in [-0.3, -0.25) is 4.57 Å². The average Bonchev–Trinajstić information content (AvgIpc) is 3.77. The van der Waals surface area contributed by atoms with Crippen molar-refractivity contribution in [3.05, 3.63) is 144 Å². The Labute approximate surface area is 281 Å². The largest absolute Gasteiger partial charge is 0.456 e. The summed E-state index contributed by atoms with van der Waals surface area (Å²) in [6.07, 6.45) is 0. The molecule has 0 spiro atoms. The van der Waals surface area contributed by atoms with E-state index in [2.05, 4.69) is 91.2 Å². The second-order valence-electron chi connectivity index (χ2n) is 13.1. The molecule has 3 heterocycles. The number of nitrogens with zero attached hydrogens (tertiary/aromatic N) is 5. The topological polar surface area (TPSA) is 80.5 Å². The van der Waals surface area contributed by atoms with E-state index in [9.17, 15) is 5.26 Å². The molecule has 49 heavy (non-hydrogen) atoms. The molecule has 10 rings (SSSR count). The van der Waals surface area contributed by atoms with Gasteiger partial charge < -0.3 is 4.42 Å². The highest BCUT2D eigenvalue weighted by molar-refractivity contribution is 6.32. The highest BCUT2D eigenvalue weighted by Gasteiger charge is 2.42. The molecule has 9 aromatic rings. The molecule has 0 aliphatic heterocycles. The van der Waals surface area contributed by atoms with E-state index in [-0.39, 0.29) is 5.41 Å². The molecule has 1 aliphatic carbocycles. The minimum atomic E-state index is -0.324. The summed E-state index contributed by atoms with van der Waals surface area (Å²) in [5.74, 6) is 1.63. The predicted molar refractivity (Wildman–Crippen MR) is 195 cm³/mol. The Morgan fingerprint density at radius 3 is 2.08 bits per heavy atom. The van der Waals surface area contributed by atoms with Crippen LogP contribution in [0.2, 0.25) is 0 Å². The highest BCUT2D eigenvalue weighted by atomic mass is 16.3. The molecule has 6 aromatic carbocycles. The molecule has 0 atom stereocenters. The summed E-state index contributed by atoms with van der Waals surface area (Å²) in [6, 6.07) is 45.2. The molecule has 0 saturated carbocycles. The number of hydrogen-bond donors (Lipinski definition) is 0. The van der Waals surface area contributed by atoms with Gasteiger partial charge in [0, 0.05) is 49.2 Å². The number of nitriles is 1. The van der Waals surface area contributed by atoms with Crippen LogP contribution in [0.15, 0.2) is 132 Å². The van der Waals surface area contributed by atoms with Gasteiger partial charge in [0.05, 0.1) is 22.7 Å².